The van der Waals surface area contributed by atoms with Crippen molar-refractivity contribution in [3.8, 4) is 5.88 Å². The van der Waals surface area contributed by atoms with Crippen LogP contribution in [0.3, 0.4) is 0 Å². The van der Waals surface area contributed by atoms with Gasteiger partial charge >= 0.3 is 11.9 Å². The van der Waals surface area contributed by atoms with E-state index in [9.17, 15) is 18.0 Å². The molecule has 2 rings (SSSR count). The van der Waals surface area contributed by atoms with E-state index in [1.54, 1.807) is 0 Å². The van der Waals surface area contributed by atoms with Gasteiger partial charge in [-0.2, -0.15) is 8.78 Å². The van der Waals surface area contributed by atoms with Crippen LogP contribution in [0.15, 0.2) is 12.3 Å². The normalized spacial score (nSPS) is 21.7. The van der Waals surface area contributed by atoms with Crippen LogP contribution in [0.25, 0.3) is 0 Å². The van der Waals surface area contributed by atoms with Gasteiger partial charge in [-0.1, -0.05) is 11.6 Å². The first-order valence-electron chi connectivity index (χ1n) is 6.73. The molecular formula is C14H15ClF3NO3. The van der Waals surface area contributed by atoms with Gasteiger partial charge in [0.05, 0.1) is 13.0 Å². The molecule has 0 bridgehead atoms. The predicted molar refractivity (Wildman–Crippen MR) is 72.9 cm³/mol. The number of carbonyl (C=O) groups excluding carboxylic acids is 1. The van der Waals surface area contributed by atoms with E-state index in [4.69, 9.17) is 21.1 Å². The quantitative estimate of drug-likeness (QED) is 0.771. The molecule has 1 fully saturated rings. The summed E-state index contributed by atoms with van der Waals surface area (Å²) in [4.78, 5) is 15.4. The summed E-state index contributed by atoms with van der Waals surface area (Å²) in [5.41, 5.74) is -0.622. The number of halogens is 4. The number of methoxy groups -OCH3 is 1. The molecule has 0 saturated heterocycles. The molecule has 1 saturated carbocycles. The number of hydrogen-bond acceptors (Lipinski definition) is 4. The second-order valence-corrected chi connectivity index (χ2v) is 5.47. The van der Waals surface area contributed by atoms with Crippen molar-refractivity contribution in [1.82, 2.24) is 4.98 Å². The maximum atomic E-state index is 13.2. The Labute approximate surface area is 130 Å². The van der Waals surface area contributed by atoms with E-state index in [1.165, 1.54) is 7.11 Å². The Hall–Kier alpha value is -1.50. The Kier molecular flexibility index (Phi) is 5.16. The molecule has 8 heteroatoms. The summed E-state index contributed by atoms with van der Waals surface area (Å²) in [5, 5.41) is -0.152. The molecule has 1 aliphatic carbocycles. The highest BCUT2D eigenvalue weighted by Crippen LogP contribution is 2.35. The maximum Gasteiger partial charge on any atom is 0.312 e. The van der Waals surface area contributed by atoms with Crippen LogP contribution in [0.5, 0.6) is 5.88 Å². The summed E-state index contributed by atoms with van der Waals surface area (Å²) in [6.45, 7) is -1.84. The monoisotopic (exact) mass is 337 g/mol. The number of ether oxygens (including phenoxy) is 2. The summed E-state index contributed by atoms with van der Waals surface area (Å²) >= 11 is 5.87. The highest BCUT2D eigenvalue weighted by atomic mass is 35.5. The van der Waals surface area contributed by atoms with Crippen LogP contribution >= 0.6 is 11.6 Å². The van der Waals surface area contributed by atoms with Gasteiger partial charge in [-0.15, -0.1) is 0 Å². The van der Waals surface area contributed by atoms with Gasteiger partial charge in [0.1, 0.15) is 11.1 Å². The average molecular weight is 338 g/mol. The van der Waals surface area contributed by atoms with Crippen molar-refractivity contribution in [3.05, 3.63) is 22.8 Å². The van der Waals surface area contributed by atoms with Crippen molar-refractivity contribution in [2.45, 2.75) is 31.3 Å². The van der Waals surface area contributed by atoms with E-state index in [0.717, 1.165) is 18.7 Å². The van der Waals surface area contributed by atoms with Gasteiger partial charge in [0.2, 0.25) is 5.88 Å². The average Bonchev–Trinajstić information content (AvgIpc) is 2.96. The molecule has 0 aromatic carbocycles. The van der Waals surface area contributed by atoms with Gasteiger partial charge in [0.15, 0.2) is 6.67 Å². The fraction of sp³-hybridized carbons (Fsp3) is 0.571. The number of esters is 1. The molecule has 22 heavy (non-hydrogen) atoms. The first kappa shape index (κ1) is 16.9. The van der Waals surface area contributed by atoms with Crippen LogP contribution in [0.4, 0.5) is 13.2 Å². The second-order valence-electron chi connectivity index (χ2n) is 5.07. The number of nitrogens with zero attached hydrogens (tertiary/aromatic N) is 1. The van der Waals surface area contributed by atoms with Gasteiger partial charge in [-0.3, -0.25) is 4.79 Å². The zero-order chi connectivity index (χ0) is 16.3. The fourth-order valence-corrected chi connectivity index (χ4v) is 2.63. The maximum absolute atomic E-state index is 13.2. The third kappa shape index (κ3) is 3.45. The van der Waals surface area contributed by atoms with Gasteiger partial charge < -0.3 is 9.47 Å². The zero-order valence-corrected chi connectivity index (χ0v) is 12.6. The van der Waals surface area contributed by atoms with Crippen molar-refractivity contribution in [2.24, 2.45) is 5.92 Å². The van der Waals surface area contributed by atoms with Crippen molar-refractivity contribution >= 4 is 17.6 Å². The van der Waals surface area contributed by atoms with Crippen LogP contribution in [0, 0.1) is 5.92 Å². The minimum absolute atomic E-state index is 0.0547. The first-order valence-corrected chi connectivity index (χ1v) is 7.11. The van der Waals surface area contributed by atoms with Crippen molar-refractivity contribution < 1.29 is 27.4 Å². The minimum atomic E-state index is -3.64. The van der Waals surface area contributed by atoms with E-state index in [0.29, 0.717) is 12.8 Å². The molecule has 2 atom stereocenters. The molecule has 1 aromatic rings. The van der Waals surface area contributed by atoms with Crippen LogP contribution in [0.2, 0.25) is 5.02 Å². The molecule has 1 aliphatic rings. The molecule has 1 heterocycles. The van der Waals surface area contributed by atoms with Gasteiger partial charge in [0, 0.05) is 11.8 Å². The Morgan fingerprint density at radius 1 is 1.50 bits per heavy atom. The SMILES string of the molecule is COC(=O)[C@H]1CCC[C@@H]1Oc1ncc(C(F)(F)CF)cc1Cl. The van der Waals surface area contributed by atoms with E-state index < -0.39 is 30.2 Å². The van der Waals surface area contributed by atoms with Crippen LogP contribution in [-0.4, -0.2) is 30.8 Å². The van der Waals surface area contributed by atoms with Crippen molar-refractivity contribution in [3.63, 3.8) is 0 Å². The molecular weight excluding hydrogens is 323 g/mol. The standard InChI is InChI=1S/C14H15ClF3NO3/c1-21-13(20)9-3-2-4-11(9)22-12-10(15)5-8(6-19-12)14(17,18)7-16/h5-6,9,11H,2-4,7H2,1H3/t9-,11-/m0/s1. The molecule has 4 nitrogen and oxygen atoms in total. The Morgan fingerprint density at radius 2 is 2.23 bits per heavy atom. The lowest BCUT2D eigenvalue weighted by molar-refractivity contribution is -0.147. The van der Waals surface area contributed by atoms with Gasteiger partial charge in [-0.25, -0.2) is 9.37 Å². The molecule has 0 amide bonds. The number of pyridine rings is 1. The summed E-state index contributed by atoms with van der Waals surface area (Å²) in [6.07, 6.45) is 2.36. The first-order chi connectivity index (χ1) is 10.4. The number of aromatic nitrogens is 1. The molecule has 0 unspecified atom stereocenters. The Bertz CT molecular complexity index is 556. The van der Waals surface area contributed by atoms with Crippen LogP contribution < -0.4 is 4.74 Å². The Balaban J connectivity index is 2.15. The highest BCUT2D eigenvalue weighted by molar-refractivity contribution is 6.31. The predicted octanol–water partition coefficient (Wildman–Crippen LogP) is 3.52. The molecule has 0 radical (unpaired) electrons. The lowest BCUT2D eigenvalue weighted by atomic mass is 10.1. The lowest BCUT2D eigenvalue weighted by Crippen LogP contribution is -2.29. The molecule has 0 spiro atoms. The van der Waals surface area contributed by atoms with Crippen molar-refractivity contribution in [2.75, 3.05) is 13.8 Å². The third-order valence-corrected chi connectivity index (χ3v) is 3.89. The van der Waals surface area contributed by atoms with E-state index in [1.807, 2.05) is 0 Å². The van der Waals surface area contributed by atoms with E-state index in [2.05, 4.69) is 4.98 Å². The highest BCUT2D eigenvalue weighted by Gasteiger charge is 2.37. The third-order valence-electron chi connectivity index (χ3n) is 3.62. The minimum Gasteiger partial charge on any atom is -0.472 e. The molecule has 1 aromatic heterocycles. The lowest BCUT2D eigenvalue weighted by Gasteiger charge is -2.20. The Morgan fingerprint density at radius 3 is 2.82 bits per heavy atom. The number of hydrogen-bond donors (Lipinski definition) is 0. The van der Waals surface area contributed by atoms with E-state index >= 15 is 0 Å². The van der Waals surface area contributed by atoms with Crippen LogP contribution in [0.1, 0.15) is 24.8 Å². The largest absolute Gasteiger partial charge is 0.472 e. The van der Waals surface area contributed by atoms with Crippen molar-refractivity contribution in [1.29, 1.82) is 0 Å². The number of alkyl halides is 3. The zero-order valence-electron chi connectivity index (χ0n) is 11.8. The molecule has 0 N–H and O–H groups in total. The summed E-state index contributed by atoms with van der Waals surface area (Å²) in [5.74, 6) is -4.52. The summed E-state index contributed by atoms with van der Waals surface area (Å²) in [6, 6.07) is 0.922. The summed E-state index contributed by atoms with van der Waals surface area (Å²) in [7, 11) is 1.29. The fourth-order valence-electron chi connectivity index (χ4n) is 2.42. The second kappa shape index (κ2) is 6.73. The number of rotatable bonds is 5. The van der Waals surface area contributed by atoms with Crippen LogP contribution in [-0.2, 0) is 15.5 Å². The van der Waals surface area contributed by atoms with Gasteiger partial charge in [0.25, 0.3) is 0 Å². The molecule has 122 valence electrons. The topological polar surface area (TPSA) is 48.4 Å². The number of carbonyl (C=O) groups is 1. The van der Waals surface area contributed by atoms with Gasteiger partial charge in [-0.05, 0) is 25.3 Å². The molecule has 0 aliphatic heterocycles. The van der Waals surface area contributed by atoms with E-state index in [-0.39, 0.29) is 16.9 Å². The summed E-state index contributed by atoms with van der Waals surface area (Å²) < 4.78 is 49.0. The smallest absolute Gasteiger partial charge is 0.312 e.